The number of hydrogen-bond donors (Lipinski definition) is 1. The largest absolute Gasteiger partial charge is 0.307 e. The van der Waals surface area contributed by atoms with E-state index in [1.165, 1.54) is 24.0 Å². The van der Waals surface area contributed by atoms with Gasteiger partial charge in [0, 0.05) is 12.1 Å². The zero-order valence-electron chi connectivity index (χ0n) is 12.5. The first-order chi connectivity index (χ1) is 8.38. The first-order valence-corrected chi connectivity index (χ1v) is 7.20. The van der Waals surface area contributed by atoms with E-state index in [-0.39, 0.29) is 0 Å². The average Bonchev–Trinajstić information content (AvgIpc) is 3.09. The van der Waals surface area contributed by atoms with Crippen LogP contribution in [0, 0.1) is 18.3 Å². The number of rotatable bonds is 4. The molecule has 0 saturated heterocycles. The van der Waals surface area contributed by atoms with Crippen LogP contribution in [0.1, 0.15) is 57.7 Å². The van der Waals surface area contributed by atoms with E-state index in [4.69, 9.17) is 0 Å². The molecule has 1 aliphatic carbocycles. The van der Waals surface area contributed by atoms with Crippen molar-refractivity contribution in [2.45, 2.75) is 59.5 Å². The van der Waals surface area contributed by atoms with Crippen LogP contribution < -0.4 is 5.32 Å². The van der Waals surface area contributed by atoms with Crippen LogP contribution in [-0.4, -0.2) is 6.04 Å². The summed E-state index contributed by atoms with van der Waals surface area (Å²) in [7, 11) is 0. The van der Waals surface area contributed by atoms with Crippen LogP contribution in [0.15, 0.2) is 24.3 Å². The third-order valence-electron chi connectivity index (χ3n) is 4.26. The van der Waals surface area contributed by atoms with Crippen molar-refractivity contribution in [2.75, 3.05) is 0 Å². The predicted octanol–water partition coefficient (Wildman–Crippen LogP) is 4.47. The molecule has 100 valence electrons. The minimum absolute atomic E-state index is 0.317. The molecular formula is C17H27N. The number of hydrogen-bond acceptors (Lipinski definition) is 1. The van der Waals surface area contributed by atoms with Crippen molar-refractivity contribution >= 4 is 0 Å². The molecule has 2 unspecified atom stereocenters. The van der Waals surface area contributed by atoms with Crippen molar-refractivity contribution in [3.63, 3.8) is 0 Å². The second kappa shape index (κ2) is 5.05. The number of nitrogens with one attached hydrogen (secondary N) is 1. The summed E-state index contributed by atoms with van der Waals surface area (Å²) in [5.41, 5.74) is 3.12. The van der Waals surface area contributed by atoms with Gasteiger partial charge in [-0.25, -0.2) is 0 Å². The van der Waals surface area contributed by atoms with Crippen molar-refractivity contribution in [2.24, 2.45) is 11.3 Å². The molecule has 1 nitrogen and oxygen atoms in total. The first-order valence-electron chi connectivity index (χ1n) is 7.20. The summed E-state index contributed by atoms with van der Waals surface area (Å²) in [6, 6.07) is 10.1. The Labute approximate surface area is 112 Å². The monoisotopic (exact) mass is 245 g/mol. The zero-order chi connectivity index (χ0) is 13.3. The minimum Gasteiger partial charge on any atom is -0.307 e. The Balaban J connectivity index is 2.11. The maximum absolute atomic E-state index is 3.85. The van der Waals surface area contributed by atoms with Gasteiger partial charge in [0.25, 0.3) is 0 Å². The Hall–Kier alpha value is -0.820. The molecule has 1 aliphatic rings. The van der Waals surface area contributed by atoms with Gasteiger partial charge in [-0.05, 0) is 43.6 Å². The molecule has 1 aromatic carbocycles. The van der Waals surface area contributed by atoms with E-state index in [1.54, 1.807) is 0 Å². The molecule has 0 aliphatic heterocycles. The van der Waals surface area contributed by atoms with Gasteiger partial charge < -0.3 is 5.32 Å². The molecule has 0 aromatic heterocycles. The van der Waals surface area contributed by atoms with Crippen molar-refractivity contribution < 1.29 is 0 Å². The third kappa shape index (κ3) is 3.35. The van der Waals surface area contributed by atoms with E-state index in [0.29, 0.717) is 17.5 Å². The Kier molecular flexibility index (Phi) is 3.82. The lowest BCUT2D eigenvalue weighted by atomic mass is 9.86. The van der Waals surface area contributed by atoms with Crippen LogP contribution in [0.3, 0.4) is 0 Å². The second-order valence-corrected chi connectivity index (χ2v) is 6.98. The predicted molar refractivity (Wildman–Crippen MR) is 78.7 cm³/mol. The molecule has 1 saturated carbocycles. The van der Waals surface area contributed by atoms with Crippen LogP contribution >= 0.6 is 0 Å². The van der Waals surface area contributed by atoms with Crippen LogP contribution in [0.25, 0.3) is 0 Å². The van der Waals surface area contributed by atoms with Gasteiger partial charge in [-0.3, -0.25) is 0 Å². The van der Waals surface area contributed by atoms with E-state index in [2.05, 4.69) is 64.2 Å². The highest BCUT2D eigenvalue weighted by atomic mass is 15.0. The quantitative estimate of drug-likeness (QED) is 0.825. The molecule has 1 heteroatoms. The van der Waals surface area contributed by atoms with Crippen LogP contribution in [0.5, 0.6) is 0 Å². The van der Waals surface area contributed by atoms with E-state index in [9.17, 15) is 0 Å². The van der Waals surface area contributed by atoms with E-state index in [1.807, 2.05) is 0 Å². The van der Waals surface area contributed by atoms with Crippen molar-refractivity contribution in [1.82, 2.24) is 5.32 Å². The highest BCUT2D eigenvalue weighted by molar-refractivity contribution is 5.25. The fourth-order valence-electron chi connectivity index (χ4n) is 2.23. The van der Waals surface area contributed by atoms with E-state index >= 15 is 0 Å². The van der Waals surface area contributed by atoms with Gasteiger partial charge in [0.1, 0.15) is 0 Å². The Morgan fingerprint density at radius 1 is 1.11 bits per heavy atom. The van der Waals surface area contributed by atoms with E-state index < -0.39 is 0 Å². The van der Waals surface area contributed by atoms with Gasteiger partial charge in [-0.15, -0.1) is 0 Å². The van der Waals surface area contributed by atoms with Crippen LogP contribution in [0.2, 0.25) is 0 Å². The lowest BCUT2D eigenvalue weighted by molar-refractivity contribution is 0.254. The molecular weight excluding hydrogens is 218 g/mol. The topological polar surface area (TPSA) is 12.0 Å². The summed E-state index contributed by atoms with van der Waals surface area (Å²) in [6.45, 7) is 11.4. The average molecular weight is 245 g/mol. The third-order valence-corrected chi connectivity index (χ3v) is 4.26. The maximum atomic E-state index is 3.85. The fourth-order valence-corrected chi connectivity index (χ4v) is 2.23. The smallest absolute Gasteiger partial charge is 0.0351 e. The molecule has 1 N–H and O–H groups in total. The number of aryl methyl sites for hydroxylation is 1. The maximum Gasteiger partial charge on any atom is 0.0351 e. The van der Waals surface area contributed by atoms with Crippen LogP contribution in [0.4, 0.5) is 0 Å². The summed E-state index contributed by atoms with van der Waals surface area (Å²) >= 11 is 0. The molecule has 1 fully saturated rings. The Morgan fingerprint density at radius 3 is 2.11 bits per heavy atom. The molecule has 0 bridgehead atoms. The van der Waals surface area contributed by atoms with Crippen LogP contribution in [-0.2, 0) is 0 Å². The summed E-state index contributed by atoms with van der Waals surface area (Å²) < 4.78 is 0. The van der Waals surface area contributed by atoms with Gasteiger partial charge in [-0.1, -0.05) is 50.6 Å². The van der Waals surface area contributed by atoms with Gasteiger partial charge in [-0.2, -0.15) is 0 Å². The SMILES string of the molecule is Cc1ccc(C(NC(C)C(C)(C)C)C2CC2)cc1. The Morgan fingerprint density at radius 2 is 1.67 bits per heavy atom. The molecule has 2 rings (SSSR count). The molecule has 18 heavy (non-hydrogen) atoms. The van der Waals surface area contributed by atoms with Crippen molar-refractivity contribution in [1.29, 1.82) is 0 Å². The van der Waals surface area contributed by atoms with Gasteiger partial charge in [0.2, 0.25) is 0 Å². The summed E-state index contributed by atoms with van der Waals surface area (Å²) in [4.78, 5) is 0. The molecule has 0 heterocycles. The van der Waals surface area contributed by atoms with Crippen molar-refractivity contribution in [3.05, 3.63) is 35.4 Å². The molecule has 0 amide bonds. The number of benzene rings is 1. The standard InChI is InChI=1S/C17H27N/c1-12-6-8-14(9-7-12)16(15-10-11-15)18-13(2)17(3,4)5/h6-9,13,15-16,18H,10-11H2,1-5H3. The van der Waals surface area contributed by atoms with Crippen molar-refractivity contribution in [3.8, 4) is 0 Å². The lowest BCUT2D eigenvalue weighted by Crippen LogP contribution is -2.40. The fraction of sp³-hybridized carbons (Fsp3) is 0.647. The Bertz CT molecular complexity index is 381. The van der Waals surface area contributed by atoms with E-state index in [0.717, 1.165) is 5.92 Å². The minimum atomic E-state index is 0.317. The summed E-state index contributed by atoms with van der Waals surface area (Å²) in [6.07, 6.45) is 2.75. The van der Waals surface area contributed by atoms with Gasteiger partial charge in [0.05, 0.1) is 0 Å². The molecule has 0 spiro atoms. The van der Waals surface area contributed by atoms with Gasteiger partial charge >= 0.3 is 0 Å². The summed E-state index contributed by atoms with van der Waals surface area (Å²) in [5.74, 6) is 0.845. The van der Waals surface area contributed by atoms with Gasteiger partial charge in [0.15, 0.2) is 0 Å². The first kappa shape index (κ1) is 13.6. The second-order valence-electron chi connectivity index (χ2n) is 6.98. The normalized spacial score (nSPS) is 19.6. The summed E-state index contributed by atoms with van der Waals surface area (Å²) in [5, 5.41) is 3.85. The molecule has 1 aromatic rings. The zero-order valence-corrected chi connectivity index (χ0v) is 12.5. The highest BCUT2D eigenvalue weighted by Crippen LogP contribution is 2.42. The molecule has 2 atom stereocenters. The molecule has 0 radical (unpaired) electrons. The highest BCUT2D eigenvalue weighted by Gasteiger charge is 2.34. The lowest BCUT2D eigenvalue weighted by Gasteiger charge is -2.33.